The van der Waals surface area contributed by atoms with Crippen molar-refractivity contribution in [3.8, 4) is 0 Å². The van der Waals surface area contributed by atoms with E-state index in [1.807, 2.05) is 17.9 Å². The van der Waals surface area contributed by atoms with Gasteiger partial charge in [0.15, 0.2) is 0 Å². The van der Waals surface area contributed by atoms with Gasteiger partial charge in [0.25, 0.3) is 5.71 Å². The number of aryl methyl sites for hydroxylation is 1. The van der Waals surface area contributed by atoms with E-state index in [-0.39, 0.29) is 23.7 Å². The van der Waals surface area contributed by atoms with Crippen LogP contribution in [0.1, 0.15) is 31.4 Å². The summed E-state index contributed by atoms with van der Waals surface area (Å²) in [4.78, 5) is 30.8. The van der Waals surface area contributed by atoms with Gasteiger partial charge in [0, 0.05) is 19.0 Å². The third-order valence-corrected chi connectivity index (χ3v) is 4.81. The van der Waals surface area contributed by atoms with Crippen LogP contribution >= 0.6 is 0 Å². The fourth-order valence-electron chi connectivity index (χ4n) is 3.24. The van der Waals surface area contributed by atoms with Gasteiger partial charge in [-0.3, -0.25) is 9.59 Å². The van der Waals surface area contributed by atoms with E-state index < -0.39 is 0 Å². The molecule has 24 heavy (non-hydrogen) atoms. The summed E-state index contributed by atoms with van der Waals surface area (Å²) in [6.45, 7) is 3.12. The maximum Gasteiger partial charge on any atom is 0.258 e. The number of carbonyl (C=O) groups is 2. The molecule has 1 atom stereocenters. The molecule has 2 amide bonds. The average Bonchev–Trinajstić information content (AvgIpc) is 3.39. The largest absolute Gasteiger partial charge is 0.342 e. The molecular formula is C17H20N4O3. The fourth-order valence-corrected chi connectivity index (χ4v) is 3.24. The maximum absolute atomic E-state index is 12.6. The Labute approximate surface area is 139 Å². The summed E-state index contributed by atoms with van der Waals surface area (Å²) >= 11 is 0. The van der Waals surface area contributed by atoms with Crippen LogP contribution in [0, 0.1) is 18.8 Å². The fraction of sp³-hybridized carbons (Fsp3) is 0.529. The zero-order valence-electron chi connectivity index (χ0n) is 13.6. The predicted molar refractivity (Wildman–Crippen MR) is 87.2 cm³/mol. The van der Waals surface area contributed by atoms with Crippen molar-refractivity contribution in [3.63, 3.8) is 0 Å². The highest BCUT2D eigenvalue weighted by Crippen LogP contribution is 2.32. The van der Waals surface area contributed by atoms with E-state index in [4.69, 9.17) is 4.52 Å². The molecule has 2 fully saturated rings. The molecule has 126 valence electrons. The molecule has 1 N–H and O–H groups in total. The predicted octanol–water partition coefficient (Wildman–Crippen LogP) is 2.12. The monoisotopic (exact) mass is 328 g/mol. The van der Waals surface area contributed by atoms with E-state index in [1.165, 1.54) is 0 Å². The smallest absolute Gasteiger partial charge is 0.258 e. The van der Waals surface area contributed by atoms with Crippen LogP contribution in [0.3, 0.4) is 0 Å². The van der Waals surface area contributed by atoms with Crippen LogP contribution in [-0.4, -0.2) is 39.9 Å². The van der Waals surface area contributed by atoms with Gasteiger partial charge in [-0.1, -0.05) is 5.16 Å². The number of likely N-dealkylation sites (tertiary alicyclic amines) is 1. The molecule has 1 saturated heterocycles. The van der Waals surface area contributed by atoms with Crippen molar-refractivity contribution in [2.75, 3.05) is 18.4 Å². The lowest BCUT2D eigenvalue weighted by Crippen LogP contribution is -2.44. The third kappa shape index (κ3) is 2.86. The van der Waals surface area contributed by atoms with E-state index >= 15 is 0 Å². The second-order valence-electron chi connectivity index (χ2n) is 6.73. The number of rotatable bonds is 3. The summed E-state index contributed by atoms with van der Waals surface area (Å²) < 4.78 is 5.08. The molecule has 7 nitrogen and oxygen atoms in total. The van der Waals surface area contributed by atoms with E-state index in [0.717, 1.165) is 43.3 Å². The average molecular weight is 328 g/mol. The number of carbonyl (C=O) groups excluding carboxylic acids is 2. The number of anilines is 1. The molecule has 1 aliphatic carbocycles. The number of aromatic nitrogens is 2. The van der Waals surface area contributed by atoms with Crippen LogP contribution in [0.5, 0.6) is 0 Å². The Morgan fingerprint density at radius 3 is 2.92 bits per heavy atom. The Hall–Kier alpha value is -2.44. The van der Waals surface area contributed by atoms with Gasteiger partial charge in [-0.2, -0.15) is 0 Å². The first-order chi connectivity index (χ1) is 11.6. The number of nitrogens with one attached hydrogen (secondary N) is 1. The van der Waals surface area contributed by atoms with Gasteiger partial charge < -0.3 is 14.7 Å². The topological polar surface area (TPSA) is 88.3 Å². The lowest BCUT2D eigenvalue weighted by atomic mass is 9.96. The third-order valence-electron chi connectivity index (χ3n) is 4.81. The Balaban J connectivity index is 1.44. The van der Waals surface area contributed by atoms with Gasteiger partial charge in [0.2, 0.25) is 11.8 Å². The van der Waals surface area contributed by atoms with Crippen molar-refractivity contribution < 1.29 is 14.1 Å². The normalized spacial score (nSPS) is 21.0. The van der Waals surface area contributed by atoms with Gasteiger partial charge in [0.1, 0.15) is 0 Å². The number of hydrogen-bond donors (Lipinski definition) is 1. The van der Waals surface area contributed by atoms with Gasteiger partial charge in [-0.15, -0.1) is 0 Å². The molecule has 2 aliphatic rings. The molecule has 1 unspecified atom stereocenters. The van der Waals surface area contributed by atoms with Crippen LogP contribution in [0.25, 0.3) is 11.1 Å². The van der Waals surface area contributed by atoms with Gasteiger partial charge in [0.05, 0.1) is 28.9 Å². The summed E-state index contributed by atoms with van der Waals surface area (Å²) in [5.74, 6) is 0.199. The zero-order chi connectivity index (χ0) is 16.7. The first kappa shape index (κ1) is 15.1. The van der Waals surface area contributed by atoms with Crippen molar-refractivity contribution in [3.05, 3.63) is 18.0 Å². The molecule has 0 radical (unpaired) electrons. The Morgan fingerprint density at radius 1 is 1.29 bits per heavy atom. The summed E-state index contributed by atoms with van der Waals surface area (Å²) in [5.41, 5.74) is 1.83. The maximum atomic E-state index is 12.6. The van der Waals surface area contributed by atoms with E-state index in [0.29, 0.717) is 17.9 Å². The SMILES string of the molecule is Cc1noc2ncc(NC(=O)C3CCCN(C(=O)C4CC4)C3)cc12. The van der Waals surface area contributed by atoms with Crippen LogP contribution in [0.15, 0.2) is 16.8 Å². The number of piperidine rings is 1. The molecule has 2 aromatic heterocycles. The van der Waals surface area contributed by atoms with Crippen molar-refractivity contribution in [1.82, 2.24) is 15.0 Å². The van der Waals surface area contributed by atoms with E-state index in [2.05, 4.69) is 15.5 Å². The first-order valence-corrected chi connectivity index (χ1v) is 8.43. The molecule has 3 heterocycles. The number of nitrogens with zero attached hydrogens (tertiary/aromatic N) is 3. The van der Waals surface area contributed by atoms with Crippen molar-refractivity contribution in [2.45, 2.75) is 32.6 Å². The van der Waals surface area contributed by atoms with E-state index in [9.17, 15) is 9.59 Å². The standard InChI is InChI=1S/C17H20N4O3/c1-10-14-7-13(8-18-16(14)24-20-10)19-15(22)12-3-2-6-21(9-12)17(23)11-4-5-11/h7-8,11-12H,2-6,9H2,1H3,(H,19,22). The van der Waals surface area contributed by atoms with Crippen molar-refractivity contribution in [2.24, 2.45) is 11.8 Å². The van der Waals surface area contributed by atoms with Gasteiger partial charge >= 0.3 is 0 Å². The zero-order valence-corrected chi connectivity index (χ0v) is 13.6. The second-order valence-corrected chi connectivity index (χ2v) is 6.73. The minimum atomic E-state index is -0.166. The van der Waals surface area contributed by atoms with Crippen LogP contribution in [0.4, 0.5) is 5.69 Å². The highest BCUT2D eigenvalue weighted by Gasteiger charge is 2.36. The molecule has 0 bridgehead atoms. The summed E-state index contributed by atoms with van der Waals surface area (Å²) in [6.07, 6.45) is 5.24. The Morgan fingerprint density at radius 2 is 2.12 bits per heavy atom. The minimum Gasteiger partial charge on any atom is -0.342 e. The highest BCUT2D eigenvalue weighted by atomic mass is 16.5. The number of hydrogen-bond acceptors (Lipinski definition) is 5. The molecule has 0 aromatic carbocycles. The number of fused-ring (bicyclic) bond motifs is 1. The summed E-state index contributed by atoms with van der Waals surface area (Å²) in [7, 11) is 0. The quantitative estimate of drug-likeness (QED) is 0.932. The Bertz CT molecular complexity index is 796. The molecule has 1 aliphatic heterocycles. The minimum absolute atomic E-state index is 0.0569. The van der Waals surface area contributed by atoms with Crippen LogP contribution < -0.4 is 5.32 Å². The molecular weight excluding hydrogens is 308 g/mol. The number of pyridine rings is 1. The van der Waals surface area contributed by atoms with E-state index in [1.54, 1.807) is 6.20 Å². The van der Waals surface area contributed by atoms with Crippen molar-refractivity contribution >= 4 is 28.6 Å². The summed E-state index contributed by atoms with van der Waals surface area (Å²) in [6, 6.07) is 1.82. The molecule has 4 rings (SSSR count). The van der Waals surface area contributed by atoms with Crippen molar-refractivity contribution in [1.29, 1.82) is 0 Å². The molecule has 0 spiro atoms. The van der Waals surface area contributed by atoms with Crippen LogP contribution in [0.2, 0.25) is 0 Å². The van der Waals surface area contributed by atoms with Gasteiger partial charge in [-0.25, -0.2) is 4.98 Å². The first-order valence-electron chi connectivity index (χ1n) is 8.43. The summed E-state index contributed by atoms with van der Waals surface area (Å²) in [5, 5.41) is 7.57. The lowest BCUT2D eigenvalue weighted by molar-refractivity contribution is -0.135. The molecule has 2 aromatic rings. The Kier molecular flexibility index (Phi) is 3.70. The second kappa shape index (κ2) is 5.89. The van der Waals surface area contributed by atoms with Gasteiger partial charge in [-0.05, 0) is 38.7 Å². The highest BCUT2D eigenvalue weighted by molar-refractivity contribution is 5.95. The molecule has 1 saturated carbocycles. The molecule has 7 heteroatoms. The number of amides is 2. The van der Waals surface area contributed by atoms with Crippen LogP contribution in [-0.2, 0) is 9.59 Å². The lowest BCUT2D eigenvalue weighted by Gasteiger charge is -2.32.